The Balaban J connectivity index is 0.00000272. The van der Waals surface area contributed by atoms with Gasteiger partial charge in [0.25, 0.3) is 0 Å². The van der Waals surface area contributed by atoms with Crippen molar-refractivity contribution in [3.63, 3.8) is 0 Å². The molecule has 0 radical (unpaired) electrons. The maximum Gasteiger partial charge on any atom is 0.193 e. The Morgan fingerprint density at radius 1 is 0.581 bits per heavy atom. The average Bonchev–Trinajstić information content (AvgIpc) is 2.83. The predicted octanol–water partition coefficient (Wildman–Crippen LogP) is 2.27. The molecule has 1 nitrogen and oxygen atoms in total. The second-order valence-electron chi connectivity index (χ2n) is 7.18. The van der Waals surface area contributed by atoms with Crippen LogP contribution in [0.3, 0.4) is 0 Å². The topological polar surface area (TPSA) is 17.1 Å². The zero-order valence-electron chi connectivity index (χ0n) is 17.1. The van der Waals surface area contributed by atoms with Crippen LogP contribution in [0.25, 0.3) is 6.08 Å². The highest BCUT2D eigenvalue weighted by molar-refractivity contribution is 7.96. The molecule has 0 spiro atoms. The number of rotatable bonds is 7. The van der Waals surface area contributed by atoms with Gasteiger partial charge in [0.1, 0.15) is 29.3 Å². The highest BCUT2D eigenvalue weighted by Crippen LogP contribution is 2.55. The number of hydrogen-bond donors (Lipinski definition) is 0. The summed E-state index contributed by atoms with van der Waals surface area (Å²) in [4.78, 5) is 13.3. The summed E-state index contributed by atoms with van der Waals surface area (Å²) in [5.74, 6) is 0.142. The zero-order chi connectivity index (χ0) is 20.7. The molecule has 4 aromatic carbocycles. The van der Waals surface area contributed by atoms with E-state index in [-0.39, 0.29) is 29.8 Å². The van der Waals surface area contributed by atoms with Gasteiger partial charge in [-0.3, -0.25) is 4.79 Å². The van der Waals surface area contributed by atoms with E-state index in [9.17, 15) is 4.79 Å². The van der Waals surface area contributed by atoms with Crippen LogP contribution in [0, 0.1) is 0 Å². The number of carbonyl (C=O) groups excluding carboxylic acids is 1. The second-order valence-corrected chi connectivity index (χ2v) is 10.7. The van der Waals surface area contributed by atoms with Crippen LogP contribution in [-0.2, 0) is 4.79 Å². The van der Waals surface area contributed by atoms with Gasteiger partial charge in [0, 0.05) is 0 Å². The van der Waals surface area contributed by atoms with Gasteiger partial charge in [-0.25, -0.2) is 0 Å². The number of hydrogen-bond acceptors (Lipinski definition) is 1. The van der Waals surface area contributed by atoms with Crippen molar-refractivity contribution in [2.24, 2.45) is 0 Å². The molecule has 0 fully saturated rings. The van der Waals surface area contributed by atoms with E-state index >= 15 is 0 Å². The van der Waals surface area contributed by atoms with Crippen LogP contribution in [0.1, 0.15) is 5.56 Å². The van der Waals surface area contributed by atoms with Crippen LogP contribution in [-0.4, -0.2) is 11.9 Å². The van der Waals surface area contributed by atoms with Crippen molar-refractivity contribution < 1.29 is 28.8 Å². The van der Waals surface area contributed by atoms with Crippen molar-refractivity contribution in [2.45, 2.75) is 0 Å². The molecular formula is C28H24IOP. The van der Waals surface area contributed by atoms with Crippen molar-refractivity contribution >= 4 is 35.0 Å². The standard InChI is InChI=1S/C28H24OP.HI/c29-25(22-21-24-13-5-1-6-14-24)23-30(26-15-7-2-8-16-26,27-17-9-3-10-18-27)28-19-11-4-12-20-28;/h1-22H,23H2;1H/q+1;/p-1. The molecule has 0 aliphatic heterocycles. The number of halogens is 1. The van der Waals surface area contributed by atoms with Gasteiger partial charge in [0.2, 0.25) is 0 Å². The molecule has 0 atom stereocenters. The van der Waals surface area contributed by atoms with Gasteiger partial charge < -0.3 is 24.0 Å². The van der Waals surface area contributed by atoms with Crippen molar-refractivity contribution in [3.8, 4) is 0 Å². The average molecular weight is 534 g/mol. The van der Waals surface area contributed by atoms with Gasteiger partial charge >= 0.3 is 0 Å². The van der Waals surface area contributed by atoms with Gasteiger partial charge in [0.05, 0.1) is 0 Å². The first-order valence-electron chi connectivity index (χ1n) is 10.1. The van der Waals surface area contributed by atoms with Gasteiger partial charge in [-0.1, -0.05) is 91.0 Å². The number of carbonyl (C=O) groups is 1. The smallest absolute Gasteiger partial charge is 0.193 e. The normalized spacial score (nSPS) is 11.1. The molecule has 0 amide bonds. The van der Waals surface area contributed by atoms with Gasteiger partial charge in [0.15, 0.2) is 5.78 Å². The van der Waals surface area contributed by atoms with Crippen LogP contribution in [0.2, 0.25) is 0 Å². The molecule has 4 rings (SSSR count). The minimum absolute atomic E-state index is 0. The third-order valence-electron chi connectivity index (χ3n) is 5.25. The van der Waals surface area contributed by atoms with E-state index in [4.69, 9.17) is 0 Å². The summed E-state index contributed by atoms with van der Waals surface area (Å²) in [6, 6.07) is 41.5. The number of ketones is 1. The minimum atomic E-state index is -2.13. The van der Waals surface area contributed by atoms with E-state index in [1.165, 1.54) is 15.9 Å². The highest BCUT2D eigenvalue weighted by Gasteiger charge is 2.46. The van der Waals surface area contributed by atoms with Crippen LogP contribution in [0.5, 0.6) is 0 Å². The largest absolute Gasteiger partial charge is 1.00 e. The fraction of sp³-hybridized carbons (Fsp3) is 0.0357. The lowest BCUT2D eigenvalue weighted by atomic mass is 10.2. The third kappa shape index (κ3) is 5.39. The molecule has 0 bridgehead atoms. The minimum Gasteiger partial charge on any atom is -1.00 e. The van der Waals surface area contributed by atoms with E-state index in [0.717, 1.165) is 5.56 Å². The third-order valence-corrected chi connectivity index (χ3v) is 9.57. The zero-order valence-corrected chi connectivity index (χ0v) is 20.2. The Hall–Kier alpha value is -2.55. The summed E-state index contributed by atoms with van der Waals surface area (Å²) < 4.78 is 0. The predicted molar refractivity (Wildman–Crippen MR) is 130 cm³/mol. The van der Waals surface area contributed by atoms with Crippen LogP contribution in [0.4, 0.5) is 0 Å². The van der Waals surface area contributed by atoms with Crippen LogP contribution >= 0.6 is 7.26 Å². The Bertz CT molecular complexity index is 1010. The molecule has 0 aliphatic carbocycles. The Labute approximate surface area is 202 Å². The Kier molecular flexibility index (Phi) is 8.34. The summed E-state index contributed by atoms with van der Waals surface area (Å²) in [6.07, 6.45) is 4.12. The summed E-state index contributed by atoms with van der Waals surface area (Å²) >= 11 is 0. The Morgan fingerprint density at radius 3 is 1.32 bits per heavy atom. The molecule has 0 aliphatic rings. The molecule has 0 saturated carbocycles. The van der Waals surface area contributed by atoms with Gasteiger partial charge in [-0.2, -0.15) is 0 Å². The summed E-state index contributed by atoms with van der Waals surface area (Å²) in [7, 11) is -2.13. The summed E-state index contributed by atoms with van der Waals surface area (Å²) in [5.41, 5.74) is 1.04. The van der Waals surface area contributed by atoms with Gasteiger partial charge in [-0.15, -0.1) is 0 Å². The quantitative estimate of drug-likeness (QED) is 0.202. The summed E-state index contributed by atoms with van der Waals surface area (Å²) in [6.45, 7) is 0. The maximum absolute atomic E-state index is 13.3. The first-order valence-corrected chi connectivity index (χ1v) is 12.1. The molecule has 4 aromatic rings. The van der Waals surface area contributed by atoms with Crippen molar-refractivity contribution in [1.82, 2.24) is 0 Å². The van der Waals surface area contributed by atoms with Gasteiger partial charge in [-0.05, 0) is 48.0 Å². The van der Waals surface area contributed by atoms with Crippen LogP contribution < -0.4 is 39.9 Å². The molecule has 0 aromatic heterocycles. The Morgan fingerprint density at radius 2 is 0.935 bits per heavy atom. The first kappa shape index (κ1) is 23.1. The maximum atomic E-state index is 13.3. The second kappa shape index (κ2) is 11.2. The molecule has 3 heteroatoms. The molecule has 0 heterocycles. The van der Waals surface area contributed by atoms with Crippen molar-refractivity contribution in [3.05, 3.63) is 133 Å². The van der Waals surface area contributed by atoms with E-state index in [1.807, 2.05) is 54.6 Å². The fourth-order valence-corrected chi connectivity index (χ4v) is 7.87. The molecule has 0 N–H and O–H groups in total. The van der Waals surface area contributed by atoms with Crippen molar-refractivity contribution in [1.29, 1.82) is 0 Å². The highest BCUT2D eigenvalue weighted by atomic mass is 127. The monoisotopic (exact) mass is 534 g/mol. The van der Waals surface area contributed by atoms with E-state index < -0.39 is 7.26 Å². The van der Waals surface area contributed by atoms with Crippen molar-refractivity contribution in [2.75, 3.05) is 6.16 Å². The lowest BCUT2D eigenvalue weighted by Crippen LogP contribution is -3.00. The van der Waals surface area contributed by atoms with E-state index in [2.05, 4.69) is 72.8 Å². The molecule has 154 valence electrons. The summed E-state index contributed by atoms with van der Waals surface area (Å²) in [5, 5.41) is 3.68. The molecular weight excluding hydrogens is 510 g/mol. The molecule has 0 saturated heterocycles. The first-order chi connectivity index (χ1) is 14.8. The molecule has 0 unspecified atom stereocenters. The number of allylic oxidation sites excluding steroid dienone is 1. The van der Waals surface area contributed by atoms with E-state index in [0.29, 0.717) is 6.16 Å². The number of benzene rings is 4. The van der Waals surface area contributed by atoms with E-state index in [1.54, 1.807) is 6.08 Å². The van der Waals surface area contributed by atoms with Crippen LogP contribution in [0.15, 0.2) is 127 Å². The lowest BCUT2D eigenvalue weighted by Gasteiger charge is -2.26. The molecule has 31 heavy (non-hydrogen) atoms. The SMILES string of the molecule is O=C(C=Cc1ccccc1)C[P+](c1ccccc1)(c1ccccc1)c1ccccc1.[I-]. The fourth-order valence-electron chi connectivity index (χ4n) is 3.81. The lowest BCUT2D eigenvalue weighted by molar-refractivity contribution is -0.112.